The zero-order valence-electron chi connectivity index (χ0n) is 11.9. The van der Waals surface area contributed by atoms with Gasteiger partial charge in [-0.3, -0.25) is 10.1 Å². The van der Waals surface area contributed by atoms with Gasteiger partial charge in [0.25, 0.3) is 0 Å². The summed E-state index contributed by atoms with van der Waals surface area (Å²) < 4.78 is 9.22. The lowest BCUT2D eigenvalue weighted by Gasteiger charge is -2.47. The zero-order chi connectivity index (χ0) is 16.6. The van der Waals surface area contributed by atoms with E-state index in [0.29, 0.717) is 0 Å². The van der Waals surface area contributed by atoms with Gasteiger partial charge in [-0.05, 0) is 0 Å². The molecule has 10 heteroatoms. The predicted octanol–water partition coefficient (Wildman–Crippen LogP) is -0.468. The van der Waals surface area contributed by atoms with Crippen molar-refractivity contribution in [2.24, 2.45) is 5.92 Å². The smallest absolute Gasteiger partial charge is 0.328 e. The third-order valence-corrected chi connectivity index (χ3v) is 3.86. The van der Waals surface area contributed by atoms with Gasteiger partial charge in [0.15, 0.2) is 18.1 Å². The minimum Gasteiger partial charge on any atom is -0.623 e. The van der Waals surface area contributed by atoms with E-state index in [0.717, 1.165) is 12.4 Å². The van der Waals surface area contributed by atoms with Gasteiger partial charge in [0.2, 0.25) is 5.69 Å². The number of benzene rings is 1. The summed E-state index contributed by atoms with van der Waals surface area (Å²) in [5, 5.41) is 45.0. The molecular formula is C13H15N3O7. The molecule has 10 nitrogen and oxygen atoms in total. The van der Waals surface area contributed by atoms with Gasteiger partial charge < -0.3 is 25.3 Å². The molecule has 124 valence electrons. The fraction of sp³-hybridized carbons (Fsp3) is 0.385. The van der Waals surface area contributed by atoms with Crippen LogP contribution in [0.1, 0.15) is 0 Å². The maximum Gasteiger partial charge on any atom is 0.328 e. The highest BCUT2D eigenvalue weighted by Gasteiger charge is 2.48. The molecule has 5 unspecified atom stereocenters. The topological polar surface area (TPSA) is 132 Å². The first-order valence-corrected chi connectivity index (χ1v) is 6.91. The van der Waals surface area contributed by atoms with E-state index in [1.165, 1.54) is 12.1 Å². The van der Waals surface area contributed by atoms with Crippen LogP contribution in [-0.4, -0.2) is 35.9 Å². The fourth-order valence-electron chi connectivity index (χ4n) is 2.64. The molecule has 0 radical (unpaired) electrons. The number of hydrogen-bond acceptors (Lipinski definition) is 7. The summed E-state index contributed by atoms with van der Waals surface area (Å²) in [6.45, 7) is -0.693. The van der Waals surface area contributed by atoms with Crippen LogP contribution in [0.5, 0.6) is 0 Å². The van der Waals surface area contributed by atoms with Gasteiger partial charge in [-0.25, -0.2) is 9.38 Å². The first-order valence-electron chi connectivity index (χ1n) is 6.91. The first kappa shape index (κ1) is 16.0. The van der Waals surface area contributed by atoms with Gasteiger partial charge in [-0.15, -0.1) is 0 Å². The number of fused-ring (bicyclic) bond motifs is 1. The number of ether oxygens (including phenoxy) is 2. The van der Waals surface area contributed by atoms with Crippen LogP contribution in [0, 0.1) is 26.4 Å². The van der Waals surface area contributed by atoms with E-state index >= 15 is 0 Å². The van der Waals surface area contributed by atoms with Crippen LogP contribution in [0.4, 0.5) is 11.4 Å². The SMILES string of the molecule is O=[N+]([O-])C1OC([N+]2([O-])C=C[NH+]([O-])c3ccccc32)OCC1CO. The average molecular weight is 325 g/mol. The summed E-state index contributed by atoms with van der Waals surface area (Å²) in [6, 6.07) is 6.15. The molecule has 5 atom stereocenters. The van der Waals surface area contributed by atoms with Crippen LogP contribution in [0.2, 0.25) is 0 Å². The van der Waals surface area contributed by atoms with Crippen molar-refractivity contribution in [2.45, 2.75) is 12.6 Å². The van der Waals surface area contributed by atoms with Gasteiger partial charge in [0, 0.05) is 12.1 Å². The molecule has 0 aliphatic carbocycles. The normalized spacial score (nSPS) is 36.5. The molecular weight excluding hydrogens is 310 g/mol. The number of aliphatic hydroxyl groups is 1. The molecule has 1 aromatic carbocycles. The van der Waals surface area contributed by atoms with E-state index < -0.39 is 34.7 Å². The first-order chi connectivity index (χ1) is 11.0. The third-order valence-electron chi connectivity index (χ3n) is 3.86. The minimum atomic E-state index is -1.55. The van der Waals surface area contributed by atoms with Gasteiger partial charge in [-0.1, -0.05) is 12.1 Å². The van der Waals surface area contributed by atoms with E-state index in [9.17, 15) is 20.5 Å². The lowest BCUT2D eigenvalue weighted by atomic mass is 10.1. The molecule has 0 amide bonds. The Morgan fingerprint density at radius 3 is 2.87 bits per heavy atom. The number of aliphatic hydroxyl groups excluding tert-OH is 1. The summed E-state index contributed by atoms with van der Waals surface area (Å²) >= 11 is 0. The third kappa shape index (κ3) is 2.62. The zero-order valence-corrected chi connectivity index (χ0v) is 11.9. The fourth-order valence-corrected chi connectivity index (χ4v) is 2.64. The average Bonchev–Trinajstić information content (AvgIpc) is 2.58. The number of nitrogens with zero attached hydrogens (tertiary/aromatic N) is 2. The van der Waals surface area contributed by atoms with Crippen molar-refractivity contribution < 1.29 is 24.6 Å². The van der Waals surface area contributed by atoms with Crippen LogP contribution in [-0.2, 0) is 9.47 Å². The second kappa shape index (κ2) is 5.94. The lowest BCUT2D eigenvalue weighted by molar-refractivity contribution is -0.716. The molecule has 0 bridgehead atoms. The summed E-state index contributed by atoms with van der Waals surface area (Å²) in [6.07, 6.45) is -0.938. The summed E-state index contributed by atoms with van der Waals surface area (Å²) in [5.41, 5.74) is 0.286. The number of rotatable bonds is 3. The van der Waals surface area contributed by atoms with Crippen LogP contribution >= 0.6 is 0 Å². The van der Waals surface area contributed by atoms with Gasteiger partial charge in [-0.2, -0.15) is 0 Å². The molecule has 23 heavy (non-hydrogen) atoms. The van der Waals surface area contributed by atoms with Crippen molar-refractivity contribution in [1.29, 1.82) is 0 Å². The number of hydroxylamine groups is 3. The van der Waals surface area contributed by atoms with Gasteiger partial charge >= 0.3 is 12.6 Å². The van der Waals surface area contributed by atoms with E-state index in [4.69, 9.17) is 14.6 Å². The molecule has 2 aliphatic rings. The summed E-state index contributed by atoms with van der Waals surface area (Å²) in [4.78, 5) is 10.4. The molecule has 3 rings (SSSR count). The number of quaternary nitrogens is 2. The molecule has 2 N–H and O–H groups in total. The Morgan fingerprint density at radius 1 is 1.43 bits per heavy atom. The highest BCUT2D eigenvalue weighted by molar-refractivity contribution is 5.63. The highest BCUT2D eigenvalue weighted by atomic mass is 16.8. The van der Waals surface area contributed by atoms with E-state index in [-0.39, 0.29) is 23.0 Å². The van der Waals surface area contributed by atoms with Crippen molar-refractivity contribution in [2.75, 3.05) is 13.2 Å². The number of nitrogens with one attached hydrogen (secondary N) is 1. The van der Waals surface area contributed by atoms with E-state index in [1.807, 2.05) is 0 Å². The van der Waals surface area contributed by atoms with Gasteiger partial charge in [0.1, 0.15) is 5.92 Å². The highest BCUT2D eigenvalue weighted by Crippen LogP contribution is 2.37. The molecule has 0 saturated carbocycles. The standard InChI is InChI=1S/C13H15N3O7/c17-7-9-8-22-13(23-12(9)15(19)20)16(21)6-5-14(18)10-3-1-2-4-11(10)16/h1-6,9,12-14,17H,7-8H2. The van der Waals surface area contributed by atoms with E-state index in [1.54, 1.807) is 12.1 Å². The Balaban J connectivity index is 1.95. The quantitative estimate of drug-likeness (QED) is 0.332. The number of hydrogen-bond donors (Lipinski definition) is 2. The van der Waals surface area contributed by atoms with Gasteiger partial charge in [0.05, 0.1) is 18.1 Å². The number of para-hydroxylation sites is 2. The maximum absolute atomic E-state index is 13.2. The second-order valence-corrected chi connectivity index (χ2v) is 5.30. The van der Waals surface area contributed by atoms with Crippen molar-refractivity contribution in [3.05, 3.63) is 57.2 Å². The van der Waals surface area contributed by atoms with Crippen LogP contribution < -0.4 is 9.71 Å². The maximum atomic E-state index is 13.2. The number of nitro groups is 1. The second-order valence-electron chi connectivity index (χ2n) is 5.30. The Hall–Kier alpha value is -1.92. The molecule has 2 aliphatic heterocycles. The summed E-state index contributed by atoms with van der Waals surface area (Å²) in [5.74, 6) is -0.863. The Bertz CT molecular complexity index is 640. The molecule has 1 aromatic rings. The Kier molecular flexibility index (Phi) is 4.12. The molecule has 2 heterocycles. The predicted molar refractivity (Wildman–Crippen MR) is 76.9 cm³/mol. The Labute approximate surface area is 130 Å². The molecule has 0 spiro atoms. The molecule has 1 saturated heterocycles. The molecule has 1 fully saturated rings. The van der Waals surface area contributed by atoms with Crippen LogP contribution in [0.3, 0.4) is 0 Å². The lowest BCUT2D eigenvalue weighted by Crippen LogP contribution is -2.98. The van der Waals surface area contributed by atoms with Crippen LogP contribution in [0.15, 0.2) is 36.7 Å². The Morgan fingerprint density at radius 2 is 2.17 bits per heavy atom. The van der Waals surface area contributed by atoms with Crippen molar-refractivity contribution in [1.82, 2.24) is 4.65 Å². The molecule has 0 aromatic heterocycles. The monoisotopic (exact) mass is 325 g/mol. The summed E-state index contributed by atoms with van der Waals surface area (Å²) in [7, 11) is 0. The van der Waals surface area contributed by atoms with Crippen molar-refractivity contribution in [3.63, 3.8) is 0 Å². The van der Waals surface area contributed by atoms with Crippen molar-refractivity contribution in [3.8, 4) is 0 Å². The minimum absolute atomic E-state index is 0.0922. The largest absolute Gasteiger partial charge is 0.623 e. The van der Waals surface area contributed by atoms with Crippen LogP contribution in [0.25, 0.3) is 0 Å². The van der Waals surface area contributed by atoms with Crippen molar-refractivity contribution >= 4 is 11.4 Å². The van der Waals surface area contributed by atoms with E-state index in [2.05, 4.69) is 0 Å².